The Hall–Kier alpha value is -1.42. The third-order valence-electron chi connectivity index (χ3n) is 5.24. The summed E-state index contributed by atoms with van der Waals surface area (Å²) in [6.45, 7) is 1.39. The van der Waals surface area contributed by atoms with E-state index in [4.69, 9.17) is 23.7 Å². The normalized spacial score (nSPS) is 40.9. The van der Waals surface area contributed by atoms with Crippen molar-refractivity contribution >= 4 is 11.8 Å². The summed E-state index contributed by atoms with van der Waals surface area (Å²) in [5, 5.41) is 46.0. The molecule has 0 aromatic rings. The number of carbonyl (C=O) groups excluding carboxylic acids is 2. The van der Waals surface area contributed by atoms with Crippen LogP contribution in [0.4, 0.5) is 0 Å². The van der Waals surface area contributed by atoms with Crippen molar-refractivity contribution < 1.29 is 53.7 Å². The summed E-state index contributed by atoms with van der Waals surface area (Å²) in [7, 11) is 2.63. The maximum atomic E-state index is 11.7. The zero-order chi connectivity index (χ0) is 23.3. The summed E-state index contributed by atoms with van der Waals surface area (Å²) in [6.07, 6.45) is -9.45. The summed E-state index contributed by atoms with van der Waals surface area (Å²) in [5.41, 5.74) is 0. The molecule has 2 rings (SSSR count). The van der Waals surface area contributed by atoms with Crippen LogP contribution >= 0.6 is 0 Å². The van der Waals surface area contributed by atoms with Crippen molar-refractivity contribution in [3.8, 4) is 0 Å². The molecule has 0 unspecified atom stereocenters. The van der Waals surface area contributed by atoms with Crippen LogP contribution < -0.4 is 10.6 Å². The quantitative estimate of drug-likeness (QED) is 0.212. The molecule has 0 saturated carbocycles. The van der Waals surface area contributed by atoms with Gasteiger partial charge >= 0.3 is 0 Å². The molecule has 0 aliphatic carbocycles. The van der Waals surface area contributed by atoms with Gasteiger partial charge in [-0.1, -0.05) is 0 Å². The van der Waals surface area contributed by atoms with Crippen molar-refractivity contribution in [1.29, 1.82) is 0 Å². The number of rotatable bonds is 8. The van der Waals surface area contributed by atoms with Crippen molar-refractivity contribution in [3.63, 3.8) is 0 Å². The zero-order valence-electron chi connectivity index (χ0n) is 17.8. The molecule has 0 bridgehead atoms. The number of hydrogen-bond donors (Lipinski definition) is 6. The number of ether oxygens (including phenoxy) is 5. The number of amides is 2. The molecule has 31 heavy (non-hydrogen) atoms. The van der Waals surface area contributed by atoms with Gasteiger partial charge in [0.25, 0.3) is 0 Å². The minimum Gasteiger partial charge on any atom is -0.394 e. The van der Waals surface area contributed by atoms with Gasteiger partial charge in [0.15, 0.2) is 12.6 Å². The Morgan fingerprint density at radius 1 is 0.806 bits per heavy atom. The van der Waals surface area contributed by atoms with Gasteiger partial charge < -0.3 is 54.7 Å². The highest BCUT2D eigenvalue weighted by Crippen LogP contribution is 2.30. The Balaban J connectivity index is 2.30. The van der Waals surface area contributed by atoms with Crippen molar-refractivity contribution in [2.24, 2.45) is 0 Å². The lowest BCUT2D eigenvalue weighted by Gasteiger charge is -2.48. The molecule has 180 valence electrons. The van der Waals surface area contributed by atoms with Gasteiger partial charge in [-0.25, -0.2) is 0 Å². The van der Waals surface area contributed by atoms with E-state index in [0.717, 1.165) is 0 Å². The average Bonchev–Trinajstić information content (AvgIpc) is 2.72. The molecule has 0 aromatic carbocycles. The second-order valence-electron chi connectivity index (χ2n) is 7.42. The Morgan fingerprint density at radius 3 is 1.71 bits per heavy atom. The Morgan fingerprint density at radius 2 is 1.26 bits per heavy atom. The highest BCUT2D eigenvalue weighted by Gasteiger charge is 2.52. The van der Waals surface area contributed by atoms with Gasteiger partial charge in [-0.3, -0.25) is 9.59 Å². The lowest BCUT2D eigenvalue weighted by molar-refractivity contribution is -0.331. The van der Waals surface area contributed by atoms with E-state index in [0.29, 0.717) is 0 Å². The third kappa shape index (κ3) is 5.88. The monoisotopic (exact) mass is 452 g/mol. The summed E-state index contributed by atoms with van der Waals surface area (Å²) in [5.74, 6) is -0.951. The first-order valence-corrected chi connectivity index (χ1v) is 9.82. The second-order valence-corrected chi connectivity index (χ2v) is 7.42. The molecule has 13 heteroatoms. The molecule has 2 heterocycles. The number of aliphatic hydroxyl groups is 4. The predicted octanol–water partition coefficient (Wildman–Crippen LogP) is -3.80. The van der Waals surface area contributed by atoms with Crippen molar-refractivity contribution in [2.75, 3.05) is 27.4 Å². The van der Waals surface area contributed by atoms with Crippen LogP contribution in [0.25, 0.3) is 0 Å². The van der Waals surface area contributed by atoms with Crippen molar-refractivity contribution in [1.82, 2.24) is 10.6 Å². The molecule has 0 spiro atoms. The molecule has 2 saturated heterocycles. The minimum absolute atomic E-state index is 0.459. The SMILES string of the molecule is CO[C@H]1O[C@H](CO)[C@@H](O[C@@H]2O[C@H](CO)[C@H](OC)[C@H](O)[C@H]2NC(C)=O)[C@H](O)[C@@H]1NC(C)=O. The fourth-order valence-corrected chi connectivity index (χ4v) is 3.84. The van der Waals surface area contributed by atoms with Crippen LogP contribution in [0.1, 0.15) is 13.8 Å². The van der Waals surface area contributed by atoms with Gasteiger partial charge in [-0.2, -0.15) is 0 Å². The average molecular weight is 452 g/mol. The molecule has 13 nitrogen and oxygen atoms in total. The van der Waals surface area contributed by atoms with E-state index in [-0.39, 0.29) is 0 Å². The summed E-state index contributed by atoms with van der Waals surface area (Å²) in [6, 6.07) is -2.17. The maximum absolute atomic E-state index is 11.7. The van der Waals surface area contributed by atoms with Crippen molar-refractivity contribution in [2.45, 2.75) is 75.1 Å². The summed E-state index contributed by atoms with van der Waals surface area (Å²) in [4.78, 5) is 23.2. The van der Waals surface area contributed by atoms with E-state index in [1.165, 1.54) is 28.1 Å². The molecule has 0 radical (unpaired) electrons. The van der Waals surface area contributed by atoms with E-state index in [2.05, 4.69) is 10.6 Å². The standard InChI is InChI=1S/C18H32N2O11/c1-7(23)19-11-14(26)16(10(6-22)29-17(11)28-4)31-18-12(20-8(2)24)13(25)15(27-3)9(5-21)30-18/h9-18,21-22,25-26H,5-6H2,1-4H3,(H,19,23)(H,20,24)/t9-,10-,11+,12-,13-,14-,15+,16-,17+,18+/m1/s1. The topological polar surface area (TPSA) is 185 Å². The van der Waals surface area contributed by atoms with Gasteiger partial charge in [0.1, 0.15) is 48.7 Å². The molecule has 10 atom stereocenters. The molecule has 6 N–H and O–H groups in total. The van der Waals surface area contributed by atoms with Gasteiger partial charge in [0.05, 0.1) is 13.2 Å². The van der Waals surface area contributed by atoms with E-state index in [9.17, 15) is 30.0 Å². The lowest BCUT2D eigenvalue weighted by Crippen LogP contribution is -2.69. The highest BCUT2D eigenvalue weighted by atomic mass is 16.7. The first-order valence-electron chi connectivity index (χ1n) is 9.82. The summed E-state index contributed by atoms with van der Waals surface area (Å²) < 4.78 is 27.5. The van der Waals surface area contributed by atoms with E-state index in [1.54, 1.807) is 0 Å². The second kappa shape index (κ2) is 11.4. The molecule has 2 aliphatic rings. The predicted molar refractivity (Wildman–Crippen MR) is 101 cm³/mol. The molecule has 2 amide bonds. The van der Waals surface area contributed by atoms with E-state index in [1.807, 2.05) is 0 Å². The lowest BCUT2D eigenvalue weighted by atomic mass is 9.94. The minimum atomic E-state index is -1.41. The number of carbonyl (C=O) groups is 2. The van der Waals surface area contributed by atoms with Crippen molar-refractivity contribution in [3.05, 3.63) is 0 Å². The fraction of sp³-hybridized carbons (Fsp3) is 0.889. The van der Waals surface area contributed by atoms with Crippen LogP contribution in [-0.2, 0) is 33.3 Å². The maximum Gasteiger partial charge on any atom is 0.217 e. The number of nitrogens with one attached hydrogen (secondary N) is 2. The van der Waals surface area contributed by atoms with Crippen LogP contribution in [0, 0.1) is 0 Å². The highest BCUT2D eigenvalue weighted by molar-refractivity contribution is 5.73. The molecular formula is C18H32N2O11. The van der Waals surface area contributed by atoms with E-state index < -0.39 is 86.3 Å². The van der Waals surface area contributed by atoms with Gasteiger partial charge in [-0.05, 0) is 0 Å². The molecule has 2 aliphatic heterocycles. The van der Waals surface area contributed by atoms with Gasteiger partial charge in [0, 0.05) is 28.1 Å². The van der Waals surface area contributed by atoms with Crippen LogP contribution in [0.3, 0.4) is 0 Å². The number of hydrogen-bond acceptors (Lipinski definition) is 11. The number of methoxy groups -OCH3 is 2. The summed E-state index contributed by atoms with van der Waals surface area (Å²) >= 11 is 0. The smallest absolute Gasteiger partial charge is 0.217 e. The van der Waals surface area contributed by atoms with Crippen LogP contribution in [0.15, 0.2) is 0 Å². The van der Waals surface area contributed by atoms with Gasteiger partial charge in [-0.15, -0.1) is 0 Å². The fourth-order valence-electron chi connectivity index (χ4n) is 3.84. The molecule has 2 fully saturated rings. The Kier molecular flexibility index (Phi) is 9.54. The Labute approximate surface area is 179 Å². The van der Waals surface area contributed by atoms with E-state index >= 15 is 0 Å². The zero-order valence-corrected chi connectivity index (χ0v) is 17.8. The molecule has 0 aromatic heterocycles. The first-order chi connectivity index (χ1) is 14.7. The molecular weight excluding hydrogens is 420 g/mol. The largest absolute Gasteiger partial charge is 0.394 e. The third-order valence-corrected chi connectivity index (χ3v) is 5.24. The van der Waals surface area contributed by atoms with Crippen LogP contribution in [0.2, 0.25) is 0 Å². The van der Waals surface area contributed by atoms with Crippen LogP contribution in [-0.4, -0.2) is 121 Å². The van der Waals surface area contributed by atoms with Gasteiger partial charge in [0.2, 0.25) is 11.8 Å². The first kappa shape index (κ1) is 25.8. The number of aliphatic hydroxyl groups excluding tert-OH is 4. The Bertz CT molecular complexity index is 609. The van der Waals surface area contributed by atoms with Crippen LogP contribution in [0.5, 0.6) is 0 Å².